The van der Waals surface area contributed by atoms with Gasteiger partial charge in [-0.05, 0) is 0 Å². The van der Waals surface area contributed by atoms with Crippen LogP contribution >= 0.6 is 35.3 Å². The van der Waals surface area contributed by atoms with Gasteiger partial charge < -0.3 is 15.5 Å². The van der Waals surface area contributed by atoms with Crippen LogP contribution in [0.25, 0.3) is 11.3 Å². The second-order valence-corrected chi connectivity index (χ2v) is 7.38. The van der Waals surface area contributed by atoms with Gasteiger partial charge in [0.2, 0.25) is 0 Å². The van der Waals surface area contributed by atoms with Crippen molar-refractivity contribution in [3.8, 4) is 11.3 Å². The Kier molecular flexibility index (Phi) is 6.89. The fourth-order valence-corrected chi connectivity index (χ4v) is 3.95. The predicted molar refractivity (Wildman–Crippen MR) is 125 cm³/mol. The van der Waals surface area contributed by atoms with E-state index >= 15 is 0 Å². The van der Waals surface area contributed by atoms with Crippen LogP contribution in [0.15, 0.2) is 53.1 Å². The number of hydrogen-bond acceptors (Lipinski definition) is 5. The van der Waals surface area contributed by atoms with Crippen molar-refractivity contribution in [2.75, 3.05) is 31.1 Å². The van der Waals surface area contributed by atoms with Gasteiger partial charge in [-0.15, -0.1) is 35.3 Å². The Bertz CT molecular complexity index is 900. The molecule has 1 aliphatic rings. The zero-order valence-electron chi connectivity index (χ0n) is 15.7. The largest absolute Gasteiger partial charge is 0.370 e. The Morgan fingerprint density at radius 1 is 1.18 bits per heavy atom. The lowest BCUT2D eigenvalue weighted by Crippen LogP contribution is -2.51. The van der Waals surface area contributed by atoms with Crippen molar-refractivity contribution in [2.24, 2.45) is 17.8 Å². The highest BCUT2D eigenvalue weighted by Gasteiger charge is 2.20. The molecule has 0 saturated carbocycles. The molecule has 148 valence electrons. The van der Waals surface area contributed by atoms with Crippen molar-refractivity contribution in [1.29, 1.82) is 0 Å². The molecule has 0 radical (unpaired) electrons. The number of aliphatic imine (C=N–C) groups is 1. The molecule has 28 heavy (non-hydrogen) atoms. The summed E-state index contributed by atoms with van der Waals surface area (Å²) in [5, 5.41) is 7.68. The summed E-state index contributed by atoms with van der Waals surface area (Å²) >= 11 is 1.67. The molecule has 1 saturated heterocycles. The van der Waals surface area contributed by atoms with Gasteiger partial charge in [-0.3, -0.25) is 4.68 Å². The molecule has 1 aromatic carbocycles. The van der Waals surface area contributed by atoms with Crippen LogP contribution in [0.2, 0.25) is 0 Å². The highest BCUT2D eigenvalue weighted by Crippen LogP contribution is 2.22. The number of halogens is 1. The minimum absolute atomic E-state index is 0. The van der Waals surface area contributed by atoms with Crippen molar-refractivity contribution in [2.45, 2.75) is 6.54 Å². The number of aryl methyl sites for hydroxylation is 1. The zero-order chi connectivity index (χ0) is 18.6. The number of thiazole rings is 1. The number of guanidine groups is 1. The number of nitrogens with zero attached hydrogens (tertiary/aromatic N) is 6. The summed E-state index contributed by atoms with van der Waals surface area (Å²) in [5.74, 6) is 0.594. The van der Waals surface area contributed by atoms with E-state index in [1.807, 2.05) is 47.7 Å². The quantitative estimate of drug-likeness (QED) is 0.333. The molecule has 0 aliphatic carbocycles. The second-order valence-electron chi connectivity index (χ2n) is 6.51. The molecule has 4 rings (SSSR count). The van der Waals surface area contributed by atoms with Crippen molar-refractivity contribution >= 4 is 46.4 Å². The van der Waals surface area contributed by atoms with Gasteiger partial charge in [0.15, 0.2) is 11.1 Å². The Morgan fingerprint density at radius 2 is 1.93 bits per heavy atom. The molecule has 3 aromatic rings. The highest BCUT2D eigenvalue weighted by molar-refractivity contribution is 14.0. The number of piperazine rings is 1. The average molecular weight is 509 g/mol. The van der Waals surface area contributed by atoms with E-state index in [1.54, 1.807) is 11.3 Å². The van der Waals surface area contributed by atoms with Crippen LogP contribution in [0.4, 0.5) is 5.13 Å². The Balaban J connectivity index is 0.00000225. The first-order chi connectivity index (χ1) is 13.2. The standard InChI is InChI=1S/C19H23N7S.HI/c1-24-14-16(17(23-24)15-5-3-2-4-6-15)13-22-18(20)25-8-10-26(11-9-25)19-21-7-12-27-19;/h2-7,12,14H,8-11,13H2,1H3,(H2,20,22);1H. The fourth-order valence-electron chi connectivity index (χ4n) is 3.26. The van der Waals surface area contributed by atoms with Gasteiger partial charge in [-0.1, -0.05) is 30.3 Å². The van der Waals surface area contributed by atoms with Crippen molar-refractivity contribution < 1.29 is 0 Å². The monoisotopic (exact) mass is 509 g/mol. The van der Waals surface area contributed by atoms with Crippen LogP contribution < -0.4 is 10.6 Å². The summed E-state index contributed by atoms with van der Waals surface area (Å²) < 4.78 is 1.83. The molecular weight excluding hydrogens is 485 g/mol. The lowest BCUT2D eigenvalue weighted by atomic mass is 10.1. The third kappa shape index (κ3) is 4.64. The number of rotatable bonds is 4. The molecule has 9 heteroatoms. The molecule has 1 aliphatic heterocycles. The molecule has 2 N–H and O–H groups in total. The van der Waals surface area contributed by atoms with Gasteiger partial charge >= 0.3 is 0 Å². The first-order valence-corrected chi connectivity index (χ1v) is 9.86. The van der Waals surface area contributed by atoms with Crippen LogP contribution in [-0.4, -0.2) is 51.8 Å². The molecule has 0 amide bonds. The van der Waals surface area contributed by atoms with Crippen LogP contribution in [0.3, 0.4) is 0 Å². The van der Waals surface area contributed by atoms with Gasteiger partial charge in [-0.25, -0.2) is 9.98 Å². The van der Waals surface area contributed by atoms with Gasteiger partial charge in [0.1, 0.15) is 0 Å². The fraction of sp³-hybridized carbons (Fsp3) is 0.316. The lowest BCUT2D eigenvalue weighted by Gasteiger charge is -2.35. The lowest BCUT2D eigenvalue weighted by molar-refractivity contribution is 0.380. The number of hydrogen-bond donors (Lipinski definition) is 1. The van der Waals surface area contributed by atoms with Crippen molar-refractivity contribution in [3.05, 3.63) is 53.7 Å². The van der Waals surface area contributed by atoms with E-state index < -0.39 is 0 Å². The number of aromatic nitrogens is 3. The van der Waals surface area contributed by atoms with Crippen LogP contribution in [-0.2, 0) is 13.6 Å². The van der Waals surface area contributed by atoms with E-state index in [0.29, 0.717) is 12.5 Å². The summed E-state index contributed by atoms with van der Waals surface area (Å²) in [6.45, 7) is 4.05. The molecule has 0 atom stereocenters. The van der Waals surface area contributed by atoms with Crippen LogP contribution in [0, 0.1) is 0 Å². The smallest absolute Gasteiger partial charge is 0.191 e. The minimum Gasteiger partial charge on any atom is -0.370 e. The third-order valence-corrected chi connectivity index (χ3v) is 5.49. The molecule has 0 bridgehead atoms. The number of benzene rings is 1. The maximum atomic E-state index is 6.27. The Morgan fingerprint density at radius 3 is 2.61 bits per heavy atom. The molecule has 2 aromatic heterocycles. The first-order valence-electron chi connectivity index (χ1n) is 8.98. The normalized spacial score (nSPS) is 14.8. The van der Waals surface area contributed by atoms with E-state index in [-0.39, 0.29) is 24.0 Å². The maximum absolute atomic E-state index is 6.27. The third-order valence-electron chi connectivity index (χ3n) is 4.66. The Hall–Kier alpha value is -2.14. The van der Waals surface area contributed by atoms with E-state index in [2.05, 4.69) is 37.0 Å². The van der Waals surface area contributed by atoms with E-state index in [0.717, 1.165) is 48.1 Å². The molecule has 0 unspecified atom stereocenters. The molecule has 1 fully saturated rings. The summed E-state index contributed by atoms with van der Waals surface area (Å²) in [6, 6.07) is 10.2. The second kappa shape index (κ2) is 9.37. The molecular formula is C19H24IN7S. The van der Waals surface area contributed by atoms with E-state index in [1.165, 1.54) is 0 Å². The SMILES string of the molecule is Cn1cc(CN=C(N)N2CCN(c3nccs3)CC2)c(-c2ccccc2)n1.I. The molecule has 0 spiro atoms. The summed E-state index contributed by atoms with van der Waals surface area (Å²) in [7, 11) is 1.93. The van der Waals surface area contributed by atoms with Gasteiger partial charge in [0, 0.05) is 62.1 Å². The highest BCUT2D eigenvalue weighted by atomic mass is 127. The average Bonchev–Trinajstić information content (AvgIpc) is 3.37. The first kappa shape index (κ1) is 20.6. The topological polar surface area (TPSA) is 75.6 Å². The van der Waals surface area contributed by atoms with Crippen molar-refractivity contribution in [1.82, 2.24) is 19.7 Å². The van der Waals surface area contributed by atoms with E-state index in [4.69, 9.17) is 5.73 Å². The molecule has 7 nitrogen and oxygen atoms in total. The summed E-state index contributed by atoms with van der Waals surface area (Å²) in [4.78, 5) is 13.5. The molecule has 3 heterocycles. The predicted octanol–water partition coefficient (Wildman–Crippen LogP) is 2.80. The van der Waals surface area contributed by atoms with Crippen molar-refractivity contribution in [3.63, 3.8) is 0 Å². The van der Waals surface area contributed by atoms with Crippen LogP contribution in [0.5, 0.6) is 0 Å². The van der Waals surface area contributed by atoms with Gasteiger partial charge in [0.25, 0.3) is 0 Å². The zero-order valence-corrected chi connectivity index (χ0v) is 18.9. The summed E-state index contributed by atoms with van der Waals surface area (Å²) in [5.41, 5.74) is 9.41. The Labute approximate surface area is 185 Å². The van der Waals surface area contributed by atoms with Gasteiger partial charge in [0.05, 0.1) is 12.2 Å². The number of nitrogens with two attached hydrogens (primary N) is 1. The number of anilines is 1. The van der Waals surface area contributed by atoms with E-state index in [9.17, 15) is 0 Å². The maximum Gasteiger partial charge on any atom is 0.191 e. The minimum atomic E-state index is 0. The van der Waals surface area contributed by atoms with Gasteiger partial charge in [-0.2, -0.15) is 5.10 Å². The van der Waals surface area contributed by atoms with Crippen LogP contribution in [0.1, 0.15) is 5.56 Å². The summed E-state index contributed by atoms with van der Waals surface area (Å²) in [6.07, 6.45) is 3.86.